The zero-order valence-electron chi connectivity index (χ0n) is 14.0. The maximum absolute atomic E-state index is 12.4. The minimum absolute atomic E-state index is 0.0318. The summed E-state index contributed by atoms with van der Waals surface area (Å²) < 4.78 is 2.34. The first kappa shape index (κ1) is 14.1. The van der Waals surface area contributed by atoms with E-state index in [0.717, 1.165) is 35.8 Å². The van der Waals surface area contributed by atoms with Crippen LogP contribution >= 0.6 is 0 Å². The maximum Gasteiger partial charge on any atom is 0.190 e. The van der Waals surface area contributed by atoms with E-state index in [-0.39, 0.29) is 5.43 Å². The van der Waals surface area contributed by atoms with E-state index in [1.54, 1.807) is 12.3 Å². The highest BCUT2D eigenvalue weighted by Crippen LogP contribution is 2.60. The van der Waals surface area contributed by atoms with Crippen molar-refractivity contribution in [3.8, 4) is 0 Å². The van der Waals surface area contributed by atoms with Crippen LogP contribution in [0.3, 0.4) is 0 Å². The van der Waals surface area contributed by atoms with Crippen molar-refractivity contribution >= 4 is 21.9 Å². The van der Waals surface area contributed by atoms with E-state index in [1.807, 2.05) is 18.5 Å². The largest absolute Gasteiger partial charge is 0.390 e. The highest BCUT2D eigenvalue weighted by molar-refractivity contribution is 6.02. The summed E-state index contributed by atoms with van der Waals surface area (Å²) in [4.78, 5) is 20.0. The molecule has 5 nitrogen and oxygen atoms in total. The second-order valence-corrected chi connectivity index (χ2v) is 8.53. The van der Waals surface area contributed by atoms with E-state index in [1.165, 1.54) is 12.8 Å². The molecule has 25 heavy (non-hydrogen) atoms. The Morgan fingerprint density at radius 2 is 1.96 bits per heavy atom. The van der Waals surface area contributed by atoms with Gasteiger partial charge in [-0.25, -0.2) is 4.98 Å². The Balaban J connectivity index is 1.62. The second-order valence-electron chi connectivity index (χ2n) is 8.53. The molecule has 3 aromatic heterocycles. The Morgan fingerprint density at radius 3 is 2.72 bits per heavy atom. The molecule has 3 aromatic rings. The molecule has 4 aliphatic rings. The number of nitrogens with zero attached hydrogens (tertiary/aromatic N) is 2. The molecule has 7 rings (SSSR count). The average molecular weight is 335 g/mol. The van der Waals surface area contributed by atoms with Crippen molar-refractivity contribution in [3.05, 3.63) is 40.9 Å². The second kappa shape index (κ2) is 4.52. The van der Waals surface area contributed by atoms with E-state index in [2.05, 4.69) is 14.5 Å². The molecule has 128 valence electrons. The molecule has 4 saturated carbocycles. The van der Waals surface area contributed by atoms with Crippen LogP contribution in [0.2, 0.25) is 0 Å². The van der Waals surface area contributed by atoms with Gasteiger partial charge in [0.1, 0.15) is 5.65 Å². The lowest BCUT2D eigenvalue weighted by molar-refractivity contribution is -0.146. The van der Waals surface area contributed by atoms with Gasteiger partial charge in [0.15, 0.2) is 5.43 Å². The van der Waals surface area contributed by atoms with Gasteiger partial charge in [0.2, 0.25) is 0 Å². The number of pyridine rings is 2. The molecule has 0 amide bonds. The first-order valence-electron chi connectivity index (χ1n) is 9.31. The van der Waals surface area contributed by atoms with Crippen molar-refractivity contribution in [2.75, 3.05) is 0 Å². The molecule has 2 atom stereocenters. The third-order valence-electron chi connectivity index (χ3n) is 6.98. The van der Waals surface area contributed by atoms with Crippen LogP contribution in [0, 0.1) is 17.8 Å². The fourth-order valence-electron chi connectivity index (χ4n) is 6.42. The minimum atomic E-state index is -0.438. The summed E-state index contributed by atoms with van der Waals surface area (Å²) in [6, 6.07) is 4.08. The Hall–Kier alpha value is -2.14. The monoisotopic (exact) mass is 335 g/mol. The van der Waals surface area contributed by atoms with Gasteiger partial charge < -0.3 is 14.7 Å². The first-order valence-corrected chi connectivity index (χ1v) is 9.31. The molecule has 2 N–H and O–H groups in total. The lowest BCUT2D eigenvalue weighted by Gasteiger charge is -2.58. The van der Waals surface area contributed by atoms with Crippen molar-refractivity contribution < 1.29 is 5.11 Å². The lowest BCUT2D eigenvalue weighted by Crippen LogP contribution is -2.55. The predicted octanol–water partition coefficient (Wildman–Crippen LogP) is 2.99. The topological polar surface area (TPSA) is 70.9 Å². The SMILES string of the molecule is O=c1ccn(C2C3CC4CC2CC(O)(C4)C3)c2c1cnc1[nH]ccc12. The first-order chi connectivity index (χ1) is 12.1. The molecule has 4 bridgehead atoms. The van der Waals surface area contributed by atoms with Crippen molar-refractivity contribution in [1.29, 1.82) is 0 Å². The van der Waals surface area contributed by atoms with Gasteiger partial charge in [-0.1, -0.05) is 0 Å². The summed E-state index contributed by atoms with van der Waals surface area (Å²) in [5.41, 5.74) is 1.43. The smallest absolute Gasteiger partial charge is 0.190 e. The Bertz CT molecular complexity index is 1050. The van der Waals surface area contributed by atoms with Gasteiger partial charge in [-0.05, 0) is 55.9 Å². The molecule has 4 fully saturated rings. The van der Waals surface area contributed by atoms with Crippen LogP contribution in [0.15, 0.2) is 35.5 Å². The number of nitrogens with one attached hydrogen (secondary N) is 1. The Kier molecular flexibility index (Phi) is 2.55. The van der Waals surface area contributed by atoms with E-state index in [4.69, 9.17) is 0 Å². The summed E-state index contributed by atoms with van der Waals surface area (Å²) >= 11 is 0. The van der Waals surface area contributed by atoms with Crippen LogP contribution in [0.1, 0.15) is 38.1 Å². The molecule has 2 unspecified atom stereocenters. The van der Waals surface area contributed by atoms with E-state index >= 15 is 0 Å². The van der Waals surface area contributed by atoms with Gasteiger partial charge in [0.25, 0.3) is 0 Å². The molecule has 0 saturated heterocycles. The number of hydrogen-bond acceptors (Lipinski definition) is 3. The van der Waals surface area contributed by atoms with Crippen LogP contribution in [0.4, 0.5) is 0 Å². The Morgan fingerprint density at radius 1 is 1.16 bits per heavy atom. The number of aliphatic hydroxyl groups is 1. The minimum Gasteiger partial charge on any atom is -0.390 e. The fraction of sp³-hybridized carbons (Fsp3) is 0.500. The van der Waals surface area contributed by atoms with Crippen LogP contribution in [0.5, 0.6) is 0 Å². The summed E-state index contributed by atoms with van der Waals surface area (Å²) in [6.07, 6.45) is 10.8. The highest BCUT2D eigenvalue weighted by Gasteiger charge is 2.55. The molecule has 0 radical (unpaired) electrons. The van der Waals surface area contributed by atoms with Crippen LogP contribution in [-0.2, 0) is 0 Å². The van der Waals surface area contributed by atoms with Crippen LogP contribution < -0.4 is 5.43 Å². The van der Waals surface area contributed by atoms with Crippen molar-refractivity contribution in [1.82, 2.24) is 14.5 Å². The molecular weight excluding hydrogens is 314 g/mol. The molecule has 0 aliphatic heterocycles. The summed E-state index contributed by atoms with van der Waals surface area (Å²) in [5, 5.41) is 12.6. The Labute approximate surface area is 144 Å². The number of rotatable bonds is 1. The molecule has 5 heteroatoms. The fourth-order valence-corrected chi connectivity index (χ4v) is 6.42. The number of hydrogen-bond donors (Lipinski definition) is 2. The normalized spacial score (nSPS) is 36.5. The lowest BCUT2D eigenvalue weighted by atomic mass is 9.52. The number of aromatic nitrogens is 3. The number of fused-ring (bicyclic) bond motifs is 3. The summed E-state index contributed by atoms with van der Waals surface area (Å²) in [6.45, 7) is 0. The third-order valence-corrected chi connectivity index (χ3v) is 6.98. The van der Waals surface area contributed by atoms with Gasteiger partial charge in [-0.2, -0.15) is 0 Å². The zero-order chi connectivity index (χ0) is 16.8. The third kappa shape index (κ3) is 1.82. The quantitative estimate of drug-likeness (QED) is 0.718. The molecule has 0 aromatic carbocycles. The number of aromatic amines is 1. The van der Waals surface area contributed by atoms with Crippen LogP contribution in [-0.4, -0.2) is 25.2 Å². The zero-order valence-corrected chi connectivity index (χ0v) is 14.0. The molecule has 4 aliphatic carbocycles. The average Bonchev–Trinajstić information content (AvgIpc) is 3.03. The summed E-state index contributed by atoms with van der Waals surface area (Å²) in [7, 11) is 0. The van der Waals surface area contributed by atoms with E-state index in [0.29, 0.717) is 29.2 Å². The van der Waals surface area contributed by atoms with Crippen molar-refractivity contribution in [3.63, 3.8) is 0 Å². The van der Waals surface area contributed by atoms with Gasteiger partial charge in [-0.15, -0.1) is 0 Å². The van der Waals surface area contributed by atoms with Gasteiger partial charge in [0, 0.05) is 36.1 Å². The molecular formula is C20H21N3O2. The standard InChI is InChI=1S/C20H21N3O2/c24-16-2-4-23(18-14-1-3-21-19(14)22-10-15(16)18)17-12-5-11-6-13(17)9-20(25,7-11)8-12/h1-4,10-13,17,25H,5-9H2,(H,21,22). The predicted molar refractivity (Wildman–Crippen MR) is 95.4 cm³/mol. The number of H-pyrrole nitrogens is 1. The summed E-state index contributed by atoms with van der Waals surface area (Å²) in [5.74, 6) is 1.69. The molecule has 0 spiro atoms. The van der Waals surface area contributed by atoms with E-state index in [9.17, 15) is 9.90 Å². The van der Waals surface area contributed by atoms with Crippen molar-refractivity contribution in [2.24, 2.45) is 17.8 Å². The molecule has 3 heterocycles. The maximum atomic E-state index is 12.4. The van der Waals surface area contributed by atoms with Gasteiger partial charge in [-0.3, -0.25) is 4.79 Å². The van der Waals surface area contributed by atoms with E-state index < -0.39 is 5.60 Å². The highest BCUT2D eigenvalue weighted by atomic mass is 16.3. The van der Waals surface area contributed by atoms with Crippen LogP contribution in [0.25, 0.3) is 21.9 Å². The van der Waals surface area contributed by atoms with Gasteiger partial charge in [0.05, 0.1) is 16.5 Å². The van der Waals surface area contributed by atoms with Gasteiger partial charge >= 0.3 is 0 Å². The van der Waals surface area contributed by atoms with Crippen molar-refractivity contribution in [2.45, 2.75) is 43.7 Å².